The first-order valence-corrected chi connectivity index (χ1v) is 10.1. The van der Waals surface area contributed by atoms with Gasteiger partial charge in [0.2, 0.25) is 0 Å². The van der Waals surface area contributed by atoms with Crippen molar-refractivity contribution < 1.29 is 9.53 Å². The predicted molar refractivity (Wildman–Crippen MR) is 112 cm³/mol. The minimum Gasteiger partial charge on any atom is -0.465 e. The van der Waals surface area contributed by atoms with Crippen LogP contribution in [0.1, 0.15) is 39.5 Å². The van der Waals surface area contributed by atoms with E-state index in [1.165, 1.54) is 23.8 Å². The van der Waals surface area contributed by atoms with Crippen molar-refractivity contribution in [3.05, 3.63) is 87.9 Å². The molecule has 0 aliphatic heterocycles. The maximum Gasteiger partial charge on any atom is 0.337 e. The summed E-state index contributed by atoms with van der Waals surface area (Å²) in [6, 6.07) is 16.7. The summed E-state index contributed by atoms with van der Waals surface area (Å²) in [5.41, 5.74) is 4.67. The van der Waals surface area contributed by atoms with Gasteiger partial charge in [0.1, 0.15) is 0 Å². The molecule has 1 heterocycles. The molecule has 0 fully saturated rings. The standard InChI is InChI=1S/C23H24N2O2S/c1-27-22(26)19-8-6-17(7-9-19)12-13-24-14-15-25(23(24)28)21-11-10-18-4-2-3-5-20(18)16-21/h2-9,14-15,21H,10-13,16H2,1H3. The van der Waals surface area contributed by atoms with Crippen LogP contribution in [0.25, 0.3) is 0 Å². The van der Waals surface area contributed by atoms with Crippen molar-refractivity contribution in [1.82, 2.24) is 9.13 Å². The molecular weight excluding hydrogens is 368 g/mol. The Kier molecular flexibility index (Phi) is 5.44. The molecule has 2 aromatic carbocycles. The van der Waals surface area contributed by atoms with Gasteiger partial charge < -0.3 is 13.9 Å². The Labute approximate surface area is 170 Å². The summed E-state index contributed by atoms with van der Waals surface area (Å²) in [6.07, 6.45) is 8.37. The highest BCUT2D eigenvalue weighted by molar-refractivity contribution is 7.71. The molecule has 0 saturated carbocycles. The molecule has 1 aliphatic carbocycles. The minimum atomic E-state index is -0.306. The second-order valence-electron chi connectivity index (χ2n) is 7.29. The Bertz CT molecular complexity index is 1030. The van der Waals surface area contributed by atoms with E-state index < -0.39 is 0 Å². The van der Waals surface area contributed by atoms with Crippen LogP contribution in [0.4, 0.5) is 0 Å². The van der Waals surface area contributed by atoms with Gasteiger partial charge in [-0.1, -0.05) is 36.4 Å². The third kappa shape index (κ3) is 3.80. The van der Waals surface area contributed by atoms with Crippen LogP contribution >= 0.6 is 12.2 Å². The Hall–Kier alpha value is -2.66. The van der Waals surface area contributed by atoms with E-state index in [0.29, 0.717) is 11.6 Å². The van der Waals surface area contributed by atoms with E-state index in [1.54, 1.807) is 0 Å². The van der Waals surface area contributed by atoms with Crippen molar-refractivity contribution in [2.45, 2.75) is 38.3 Å². The molecule has 3 aromatic rings. The zero-order chi connectivity index (χ0) is 19.5. The maximum absolute atomic E-state index is 11.5. The lowest BCUT2D eigenvalue weighted by Gasteiger charge is -2.25. The van der Waals surface area contributed by atoms with Crippen molar-refractivity contribution in [1.29, 1.82) is 0 Å². The van der Waals surface area contributed by atoms with Gasteiger partial charge in [-0.2, -0.15) is 0 Å². The number of hydrogen-bond acceptors (Lipinski definition) is 3. The Morgan fingerprint density at radius 3 is 2.61 bits per heavy atom. The van der Waals surface area contributed by atoms with Crippen molar-refractivity contribution >= 4 is 18.2 Å². The number of imidazole rings is 1. The lowest BCUT2D eigenvalue weighted by molar-refractivity contribution is 0.0600. The van der Waals surface area contributed by atoms with Gasteiger partial charge in [0.05, 0.1) is 12.7 Å². The van der Waals surface area contributed by atoms with Crippen molar-refractivity contribution in [2.24, 2.45) is 0 Å². The molecule has 1 unspecified atom stereocenters. The number of fused-ring (bicyclic) bond motifs is 1. The molecule has 4 rings (SSSR count). The molecule has 28 heavy (non-hydrogen) atoms. The highest BCUT2D eigenvalue weighted by Crippen LogP contribution is 2.29. The largest absolute Gasteiger partial charge is 0.465 e. The fraction of sp³-hybridized carbons (Fsp3) is 0.304. The zero-order valence-corrected chi connectivity index (χ0v) is 16.8. The lowest BCUT2D eigenvalue weighted by atomic mass is 9.88. The second-order valence-corrected chi connectivity index (χ2v) is 7.65. The molecule has 0 saturated heterocycles. The first-order chi connectivity index (χ1) is 13.7. The normalized spacial score (nSPS) is 15.8. The Morgan fingerprint density at radius 2 is 1.86 bits per heavy atom. The number of nitrogens with zero attached hydrogens (tertiary/aromatic N) is 2. The maximum atomic E-state index is 11.5. The van der Waals surface area contributed by atoms with Crippen LogP contribution < -0.4 is 0 Å². The third-order valence-corrected chi connectivity index (χ3v) is 6.05. The van der Waals surface area contributed by atoms with Gasteiger partial charge in [0, 0.05) is 25.0 Å². The SMILES string of the molecule is COC(=O)c1ccc(CCn2ccn(C3CCc4ccccc4C3)c2=S)cc1. The molecule has 0 bridgehead atoms. The quantitative estimate of drug-likeness (QED) is 0.463. The molecule has 5 heteroatoms. The van der Waals surface area contributed by atoms with E-state index in [9.17, 15) is 4.79 Å². The van der Waals surface area contributed by atoms with Gasteiger partial charge in [-0.3, -0.25) is 0 Å². The topological polar surface area (TPSA) is 36.2 Å². The smallest absolute Gasteiger partial charge is 0.337 e. The van der Waals surface area contributed by atoms with Crippen LogP contribution in [0.2, 0.25) is 0 Å². The number of benzene rings is 2. The van der Waals surface area contributed by atoms with E-state index in [0.717, 1.165) is 37.0 Å². The molecule has 0 radical (unpaired) electrons. The number of methoxy groups -OCH3 is 1. The average Bonchev–Trinajstić information content (AvgIpc) is 3.12. The fourth-order valence-electron chi connectivity index (χ4n) is 3.97. The summed E-state index contributed by atoms with van der Waals surface area (Å²) >= 11 is 5.76. The summed E-state index contributed by atoms with van der Waals surface area (Å²) in [6.45, 7) is 0.826. The minimum absolute atomic E-state index is 0.306. The van der Waals surface area contributed by atoms with E-state index in [1.807, 2.05) is 24.3 Å². The van der Waals surface area contributed by atoms with Gasteiger partial charge in [0.15, 0.2) is 4.77 Å². The van der Waals surface area contributed by atoms with Gasteiger partial charge in [-0.15, -0.1) is 0 Å². The number of ether oxygens (including phenoxy) is 1. The monoisotopic (exact) mass is 392 g/mol. The third-order valence-electron chi connectivity index (χ3n) is 5.60. The van der Waals surface area contributed by atoms with Crippen LogP contribution in [0.15, 0.2) is 60.9 Å². The number of aryl methyl sites for hydroxylation is 3. The van der Waals surface area contributed by atoms with Gasteiger partial charge in [-0.25, -0.2) is 4.79 Å². The molecule has 144 valence electrons. The van der Waals surface area contributed by atoms with Crippen LogP contribution in [-0.4, -0.2) is 22.2 Å². The van der Waals surface area contributed by atoms with Gasteiger partial charge in [-0.05, 0) is 66.7 Å². The number of aromatic nitrogens is 2. The Balaban J connectivity index is 1.43. The summed E-state index contributed by atoms with van der Waals surface area (Å²) < 4.78 is 10.0. The van der Waals surface area contributed by atoms with Crippen molar-refractivity contribution in [2.75, 3.05) is 7.11 Å². The summed E-state index contributed by atoms with van der Waals surface area (Å²) in [5, 5.41) is 0. The number of rotatable bonds is 5. The first kappa shape index (κ1) is 18.7. The summed E-state index contributed by atoms with van der Waals surface area (Å²) in [4.78, 5) is 11.5. The first-order valence-electron chi connectivity index (χ1n) is 9.67. The lowest BCUT2D eigenvalue weighted by Crippen LogP contribution is -2.18. The summed E-state index contributed by atoms with van der Waals surface area (Å²) in [7, 11) is 1.40. The van der Waals surface area contributed by atoms with Crippen LogP contribution in [0.3, 0.4) is 0 Å². The fourth-order valence-corrected chi connectivity index (χ4v) is 4.33. The highest BCUT2D eigenvalue weighted by Gasteiger charge is 2.20. The predicted octanol–water partition coefficient (Wildman–Crippen LogP) is 4.78. The van der Waals surface area contributed by atoms with Gasteiger partial charge in [0.25, 0.3) is 0 Å². The van der Waals surface area contributed by atoms with Gasteiger partial charge >= 0.3 is 5.97 Å². The van der Waals surface area contributed by atoms with Crippen LogP contribution in [-0.2, 0) is 30.5 Å². The molecule has 0 N–H and O–H groups in total. The molecule has 1 aliphatic rings. The van der Waals surface area contributed by atoms with E-state index >= 15 is 0 Å². The number of hydrogen-bond donors (Lipinski definition) is 0. The second kappa shape index (κ2) is 8.15. The molecular formula is C23H24N2O2S. The Morgan fingerprint density at radius 1 is 1.11 bits per heavy atom. The van der Waals surface area contributed by atoms with E-state index in [2.05, 4.69) is 45.8 Å². The zero-order valence-electron chi connectivity index (χ0n) is 16.0. The van der Waals surface area contributed by atoms with Crippen LogP contribution in [0.5, 0.6) is 0 Å². The van der Waals surface area contributed by atoms with E-state index in [4.69, 9.17) is 17.0 Å². The van der Waals surface area contributed by atoms with Crippen molar-refractivity contribution in [3.63, 3.8) is 0 Å². The van der Waals surface area contributed by atoms with Crippen molar-refractivity contribution in [3.8, 4) is 0 Å². The molecule has 0 amide bonds. The summed E-state index contributed by atoms with van der Waals surface area (Å²) in [5.74, 6) is -0.306. The number of esters is 1. The highest BCUT2D eigenvalue weighted by atomic mass is 32.1. The molecule has 1 atom stereocenters. The number of carbonyl (C=O) groups excluding carboxylic acids is 1. The molecule has 1 aromatic heterocycles. The average molecular weight is 393 g/mol. The van der Waals surface area contributed by atoms with Crippen LogP contribution in [0, 0.1) is 4.77 Å². The molecule has 0 spiro atoms. The number of carbonyl (C=O) groups is 1. The molecule has 4 nitrogen and oxygen atoms in total. The van der Waals surface area contributed by atoms with E-state index in [-0.39, 0.29) is 5.97 Å².